The summed E-state index contributed by atoms with van der Waals surface area (Å²) < 4.78 is 26.1. The quantitative estimate of drug-likeness (QED) is 0.639. The summed E-state index contributed by atoms with van der Waals surface area (Å²) in [7, 11) is 0. The van der Waals surface area contributed by atoms with Crippen molar-refractivity contribution in [1.82, 2.24) is 0 Å². The van der Waals surface area contributed by atoms with E-state index in [4.69, 9.17) is 5.73 Å². The van der Waals surface area contributed by atoms with Crippen LogP contribution in [0.3, 0.4) is 0 Å². The van der Waals surface area contributed by atoms with Crippen molar-refractivity contribution < 1.29 is 13.7 Å². The minimum Gasteiger partial charge on any atom is -0.327 e. The lowest BCUT2D eigenvalue weighted by atomic mass is 10.0. The van der Waals surface area contributed by atoms with Crippen molar-refractivity contribution in [3.05, 3.63) is 39.4 Å². The fourth-order valence-electron chi connectivity index (χ4n) is 2.23. The highest BCUT2D eigenvalue weighted by Gasteiger charge is 2.58. The first-order chi connectivity index (χ1) is 7.76. The van der Waals surface area contributed by atoms with Crippen molar-refractivity contribution in [1.29, 1.82) is 0 Å². The number of nitro groups is 1. The summed E-state index contributed by atoms with van der Waals surface area (Å²) >= 11 is 0. The normalized spacial score (nSPS) is 25.7. The van der Waals surface area contributed by atoms with Gasteiger partial charge in [0.2, 0.25) is 0 Å². The molecule has 0 bridgehead atoms. The zero-order chi connectivity index (χ0) is 13.0. The van der Waals surface area contributed by atoms with E-state index in [0.29, 0.717) is 6.07 Å². The van der Waals surface area contributed by atoms with Crippen LogP contribution in [0.4, 0.5) is 14.5 Å². The van der Waals surface area contributed by atoms with Crippen LogP contribution >= 0.6 is 0 Å². The van der Waals surface area contributed by atoms with Gasteiger partial charge in [0.05, 0.1) is 11.0 Å². The van der Waals surface area contributed by atoms with Crippen LogP contribution in [0.25, 0.3) is 0 Å². The standard InChI is InChI=1S/C11H12F2N2O2/c1-11(2)9(10(11)14)5-3-6(12)7(13)4-8(5)15(16)17/h3-4,9-10H,14H2,1-2H3. The zero-order valence-electron chi connectivity index (χ0n) is 9.41. The lowest BCUT2D eigenvalue weighted by Crippen LogP contribution is -2.07. The van der Waals surface area contributed by atoms with Gasteiger partial charge < -0.3 is 5.73 Å². The zero-order valence-corrected chi connectivity index (χ0v) is 9.41. The largest absolute Gasteiger partial charge is 0.327 e. The maximum absolute atomic E-state index is 13.2. The van der Waals surface area contributed by atoms with Crippen LogP contribution in [0.15, 0.2) is 12.1 Å². The second-order valence-electron chi connectivity index (χ2n) is 4.91. The Labute approximate surface area is 96.6 Å². The number of hydrogen-bond acceptors (Lipinski definition) is 3. The van der Waals surface area contributed by atoms with Crippen molar-refractivity contribution in [2.24, 2.45) is 11.1 Å². The molecule has 1 aliphatic rings. The Kier molecular flexibility index (Phi) is 2.43. The fraction of sp³-hybridized carbons (Fsp3) is 0.455. The van der Waals surface area contributed by atoms with E-state index in [0.717, 1.165) is 6.07 Å². The summed E-state index contributed by atoms with van der Waals surface area (Å²) in [6.45, 7) is 3.68. The van der Waals surface area contributed by atoms with Gasteiger partial charge in [-0.2, -0.15) is 0 Å². The van der Waals surface area contributed by atoms with Gasteiger partial charge in [0, 0.05) is 17.5 Å². The summed E-state index contributed by atoms with van der Waals surface area (Å²) in [5.41, 5.74) is 5.24. The third kappa shape index (κ3) is 1.68. The lowest BCUT2D eigenvalue weighted by Gasteiger charge is -2.05. The highest BCUT2D eigenvalue weighted by molar-refractivity contribution is 5.49. The Morgan fingerprint density at radius 2 is 1.82 bits per heavy atom. The fourth-order valence-corrected chi connectivity index (χ4v) is 2.23. The molecule has 1 aromatic carbocycles. The average molecular weight is 242 g/mol. The van der Waals surface area contributed by atoms with Gasteiger partial charge in [-0.25, -0.2) is 8.78 Å². The topological polar surface area (TPSA) is 69.2 Å². The summed E-state index contributed by atoms with van der Waals surface area (Å²) in [5, 5.41) is 10.8. The minimum absolute atomic E-state index is 0.173. The summed E-state index contributed by atoms with van der Waals surface area (Å²) in [6.07, 6.45) is 0. The van der Waals surface area contributed by atoms with Crippen LogP contribution in [-0.2, 0) is 0 Å². The lowest BCUT2D eigenvalue weighted by molar-refractivity contribution is -0.385. The molecular formula is C11H12F2N2O2. The van der Waals surface area contributed by atoms with Crippen molar-refractivity contribution in [2.45, 2.75) is 25.8 Å². The first-order valence-electron chi connectivity index (χ1n) is 5.15. The molecule has 1 aromatic rings. The van der Waals surface area contributed by atoms with E-state index < -0.39 is 22.2 Å². The van der Waals surface area contributed by atoms with Gasteiger partial charge in [-0.3, -0.25) is 10.1 Å². The number of nitrogens with two attached hydrogens (primary N) is 1. The smallest absolute Gasteiger partial charge is 0.276 e. The monoisotopic (exact) mass is 242 g/mol. The molecule has 2 N–H and O–H groups in total. The van der Waals surface area contributed by atoms with E-state index in [2.05, 4.69) is 0 Å². The maximum Gasteiger partial charge on any atom is 0.276 e. The van der Waals surface area contributed by atoms with E-state index in [1.54, 1.807) is 0 Å². The van der Waals surface area contributed by atoms with Crippen molar-refractivity contribution >= 4 is 5.69 Å². The molecule has 17 heavy (non-hydrogen) atoms. The predicted octanol–water partition coefficient (Wildman–Crippen LogP) is 2.32. The second kappa shape index (κ2) is 3.46. The van der Waals surface area contributed by atoms with Gasteiger partial charge >= 0.3 is 0 Å². The minimum atomic E-state index is -1.22. The molecule has 1 saturated carbocycles. The van der Waals surface area contributed by atoms with Gasteiger partial charge in [-0.1, -0.05) is 13.8 Å². The Morgan fingerprint density at radius 1 is 1.35 bits per heavy atom. The first kappa shape index (κ1) is 11.9. The van der Waals surface area contributed by atoms with Crippen LogP contribution < -0.4 is 5.73 Å². The molecule has 1 aliphatic carbocycles. The molecule has 0 heterocycles. The van der Waals surface area contributed by atoms with Crippen molar-refractivity contribution in [3.8, 4) is 0 Å². The van der Waals surface area contributed by atoms with E-state index >= 15 is 0 Å². The molecule has 0 aromatic heterocycles. The molecular weight excluding hydrogens is 230 g/mol. The second-order valence-corrected chi connectivity index (χ2v) is 4.91. The number of hydrogen-bond donors (Lipinski definition) is 1. The van der Waals surface area contributed by atoms with Gasteiger partial charge in [0.1, 0.15) is 0 Å². The molecule has 0 radical (unpaired) electrons. The van der Waals surface area contributed by atoms with Crippen molar-refractivity contribution in [2.75, 3.05) is 0 Å². The number of nitro benzene ring substituents is 1. The summed E-state index contributed by atoms with van der Waals surface area (Å²) in [4.78, 5) is 10.1. The van der Waals surface area contributed by atoms with Crippen LogP contribution in [0, 0.1) is 27.2 Å². The molecule has 1 fully saturated rings. The van der Waals surface area contributed by atoms with Gasteiger partial charge in [-0.05, 0) is 11.5 Å². The Morgan fingerprint density at radius 3 is 2.24 bits per heavy atom. The van der Waals surface area contributed by atoms with Crippen LogP contribution in [0.2, 0.25) is 0 Å². The van der Waals surface area contributed by atoms with Crippen molar-refractivity contribution in [3.63, 3.8) is 0 Å². The SMILES string of the molecule is CC1(C)C(N)C1c1cc(F)c(F)cc1[N+](=O)[O-]. The first-order valence-corrected chi connectivity index (χ1v) is 5.15. The van der Waals surface area contributed by atoms with Gasteiger partial charge in [0.15, 0.2) is 11.6 Å². The number of halogens is 2. The molecule has 0 amide bonds. The van der Waals surface area contributed by atoms with Gasteiger partial charge in [0.25, 0.3) is 5.69 Å². The number of rotatable bonds is 2. The van der Waals surface area contributed by atoms with Crippen LogP contribution in [-0.4, -0.2) is 11.0 Å². The predicted molar refractivity (Wildman–Crippen MR) is 57.5 cm³/mol. The molecule has 0 spiro atoms. The Balaban J connectivity index is 2.54. The summed E-state index contributed by atoms with van der Waals surface area (Å²) in [6, 6.07) is 1.23. The molecule has 2 rings (SSSR count). The van der Waals surface area contributed by atoms with E-state index in [-0.39, 0.29) is 22.9 Å². The molecule has 6 heteroatoms. The Bertz CT molecular complexity index is 502. The number of nitrogens with zero attached hydrogens (tertiary/aromatic N) is 1. The van der Waals surface area contributed by atoms with Gasteiger partial charge in [-0.15, -0.1) is 0 Å². The molecule has 0 saturated heterocycles. The molecule has 4 nitrogen and oxygen atoms in total. The van der Waals surface area contributed by atoms with E-state index in [9.17, 15) is 18.9 Å². The molecule has 2 unspecified atom stereocenters. The molecule has 0 aliphatic heterocycles. The highest BCUT2D eigenvalue weighted by atomic mass is 19.2. The Hall–Kier alpha value is -1.56. The molecule has 92 valence electrons. The molecule has 2 atom stereocenters. The average Bonchev–Trinajstić information content (AvgIpc) is 2.70. The third-order valence-electron chi connectivity index (χ3n) is 3.51. The summed E-state index contributed by atoms with van der Waals surface area (Å²) in [5.74, 6) is -2.61. The number of benzene rings is 1. The van der Waals surface area contributed by atoms with Crippen LogP contribution in [0.5, 0.6) is 0 Å². The van der Waals surface area contributed by atoms with E-state index in [1.807, 2.05) is 13.8 Å². The highest BCUT2D eigenvalue weighted by Crippen LogP contribution is 2.59. The maximum atomic E-state index is 13.2. The third-order valence-corrected chi connectivity index (χ3v) is 3.51. The van der Waals surface area contributed by atoms with Crippen LogP contribution in [0.1, 0.15) is 25.3 Å². The van der Waals surface area contributed by atoms with E-state index in [1.165, 1.54) is 0 Å².